The van der Waals surface area contributed by atoms with Crippen molar-refractivity contribution in [3.05, 3.63) is 88.3 Å². The number of ketones is 1. The lowest BCUT2D eigenvalue weighted by atomic mass is 9.98. The van der Waals surface area contributed by atoms with E-state index in [9.17, 15) is 9.90 Å². The molecule has 0 aliphatic carbocycles. The highest BCUT2D eigenvalue weighted by Crippen LogP contribution is 2.41. The first-order valence-electron chi connectivity index (χ1n) is 7.75. The number of phenolic OH excluding ortho intramolecular Hbond substituents is 1. The Hall–Kier alpha value is -2.62. The normalized spacial score (nSPS) is 10.9. The fraction of sp³-hybridized carbons (Fsp3) is 0. The van der Waals surface area contributed by atoms with E-state index in [0.717, 1.165) is 21.2 Å². The van der Waals surface area contributed by atoms with E-state index in [1.165, 1.54) is 11.3 Å². The summed E-state index contributed by atoms with van der Waals surface area (Å²) in [7, 11) is 0. The third-order valence-electron chi connectivity index (χ3n) is 4.06. The number of benzene rings is 3. The van der Waals surface area contributed by atoms with Crippen molar-refractivity contribution in [1.29, 1.82) is 0 Å². The quantitative estimate of drug-likeness (QED) is 0.442. The zero-order chi connectivity index (χ0) is 17.4. The van der Waals surface area contributed by atoms with Gasteiger partial charge in [-0.2, -0.15) is 0 Å². The molecule has 4 aromatic rings. The summed E-state index contributed by atoms with van der Waals surface area (Å²) in [6.07, 6.45) is 0. The number of fused-ring (bicyclic) bond motifs is 1. The first-order chi connectivity index (χ1) is 12.1. The fourth-order valence-corrected chi connectivity index (χ4v) is 4.34. The van der Waals surface area contributed by atoms with Gasteiger partial charge in [0.15, 0.2) is 0 Å². The van der Waals surface area contributed by atoms with E-state index < -0.39 is 0 Å². The van der Waals surface area contributed by atoms with E-state index >= 15 is 0 Å². The number of rotatable bonds is 3. The lowest BCUT2D eigenvalue weighted by Crippen LogP contribution is -2.01. The average Bonchev–Trinajstić information content (AvgIpc) is 3.00. The molecular weight excluding hydrogens is 352 g/mol. The van der Waals surface area contributed by atoms with Crippen LogP contribution in [0.15, 0.2) is 72.8 Å². The zero-order valence-electron chi connectivity index (χ0n) is 13.1. The molecule has 0 atom stereocenters. The Labute approximate surface area is 153 Å². The first kappa shape index (κ1) is 15.9. The largest absolute Gasteiger partial charge is 0.508 e. The number of phenols is 1. The molecule has 0 spiro atoms. The molecule has 0 aliphatic heterocycles. The van der Waals surface area contributed by atoms with Crippen molar-refractivity contribution in [2.75, 3.05) is 0 Å². The Bertz CT molecular complexity index is 1080. The topological polar surface area (TPSA) is 37.3 Å². The molecule has 0 saturated carbocycles. The molecule has 0 saturated heterocycles. The Morgan fingerprint density at radius 3 is 2.40 bits per heavy atom. The van der Waals surface area contributed by atoms with Crippen molar-refractivity contribution in [1.82, 2.24) is 0 Å². The molecule has 122 valence electrons. The van der Waals surface area contributed by atoms with Crippen LogP contribution in [-0.4, -0.2) is 10.9 Å². The summed E-state index contributed by atoms with van der Waals surface area (Å²) in [5, 5.41) is 11.2. The van der Waals surface area contributed by atoms with Gasteiger partial charge >= 0.3 is 0 Å². The van der Waals surface area contributed by atoms with Crippen LogP contribution in [0.3, 0.4) is 0 Å². The van der Waals surface area contributed by atoms with Gasteiger partial charge in [0.1, 0.15) is 5.75 Å². The zero-order valence-corrected chi connectivity index (χ0v) is 14.6. The van der Waals surface area contributed by atoms with E-state index in [2.05, 4.69) is 0 Å². The minimum atomic E-state index is -0.106. The lowest BCUT2D eigenvalue weighted by molar-refractivity contribution is 0.104. The number of halogens is 1. The molecule has 4 rings (SSSR count). The minimum absolute atomic E-state index is 0.106. The molecule has 4 heteroatoms. The molecule has 1 aromatic heterocycles. The first-order valence-corrected chi connectivity index (χ1v) is 8.95. The molecule has 1 heterocycles. The third-order valence-corrected chi connectivity index (χ3v) is 5.54. The Kier molecular flexibility index (Phi) is 4.04. The Balaban J connectivity index is 2.00. The summed E-state index contributed by atoms with van der Waals surface area (Å²) in [6.45, 7) is 0. The van der Waals surface area contributed by atoms with E-state index in [1.54, 1.807) is 36.4 Å². The van der Waals surface area contributed by atoms with Gasteiger partial charge in [-0.05, 0) is 35.9 Å². The number of aromatic hydroxyl groups is 1. The van der Waals surface area contributed by atoms with Gasteiger partial charge in [-0.25, -0.2) is 0 Å². The van der Waals surface area contributed by atoms with Crippen LogP contribution >= 0.6 is 22.9 Å². The van der Waals surface area contributed by atoms with Crippen LogP contribution in [0.4, 0.5) is 0 Å². The van der Waals surface area contributed by atoms with Crippen molar-refractivity contribution in [3.8, 4) is 16.9 Å². The monoisotopic (exact) mass is 364 g/mol. The van der Waals surface area contributed by atoms with Crippen LogP contribution in [-0.2, 0) is 0 Å². The molecule has 2 nitrogen and oxygen atoms in total. The maximum Gasteiger partial charge on any atom is 0.205 e. The van der Waals surface area contributed by atoms with Crippen LogP contribution in [0.25, 0.3) is 21.2 Å². The standard InChI is InChI=1S/C21H13ClO2S/c22-17-9-5-4-8-15(17)20(24)21-19(13-6-2-1-3-7-13)16-11-10-14(23)12-18(16)25-21/h1-12,23H. The van der Waals surface area contributed by atoms with E-state index in [4.69, 9.17) is 11.6 Å². The Morgan fingerprint density at radius 2 is 1.64 bits per heavy atom. The highest BCUT2D eigenvalue weighted by atomic mass is 35.5. The Morgan fingerprint density at radius 1 is 0.920 bits per heavy atom. The van der Waals surface area contributed by atoms with Crippen LogP contribution < -0.4 is 0 Å². The number of carbonyl (C=O) groups is 1. The summed E-state index contributed by atoms with van der Waals surface area (Å²) in [5.41, 5.74) is 2.33. The second-order valence-corrected chi connectivity index (χ2v) is 7.12. The number of carbonyl (C=O) groups excluding carboxylic acids is 1. The summed E-state index contributed by atoms with van der Waals surface area (Å²) in [6, 6.07) is 22.1. The minimum Gasteiger partial charge on any atom is -0.508 e. The van der Waals surface area contributed by atoms with Gasteiger partial charge in [0.05, 0.1) is 9.90 Å². The second kappa shape index (κ2) is 6.36. The maximum absolute atomic E-state index is 13.2. The van der Waals surface area contributed by atoms with Crippen molar-refractivity contribution in [2.45, 2.75) is 0 Å². The average molecular weight is 365 g/mol. The highest BCUT2D eigenvalue weighted by Gasteiger charge is 2.22. The van der Waals surface area contributed by atoms with Crippen LogP contribution in [0.2, 0.25) is 5.02 Å². The smallest absolute Gasteiger partial charge is 0.205 e. The van der Waals surface area contributed by atoms with Gasteiger partial charge in [-0.3, -0.25) is 4.79 Å². The number of hydrogen-bond donors (Lipinski definition) is 1. The van der Waals surface area contributed by atoms with Crippen molar-refractivity contribution < 1.29 is 9.90 Å². The van der Waals surface area contributed by atoms with E-state index in [0.29, 0.717) is 15.5 Å². The summed E-state index contributed by atoms with van der Waals surface area (Å²) < 4.78 is 0.870. The molecule has 0 bridgehead atoms. The maximum atomic E-state index is 13.2. The van der Waals surface area contributed by atoms with Gasteiger partial charge in [0, 0.05) is 21.2 Å². The highest BCUT2D eigenvalue weighted by molar-refractivity contribution is 7.21. The summed E-state index contributed by atoms with van der Waals surface area (Å²) in [5.74, 6) is 0.0789. The van der Waals surface area contributed by atoms with Crippen LogP contribution in [0.1, 0.15) is 15.2 Å². The van der Waals surface area contributed by atoms with Crippen molar-refractivity contribution >= 4 is 38.8 Å². The van der Waals surface area contributed by atoms with Crippen LogP contribution in [0.5, 0.6) is 5.75 Å². The molecule has 0 amide bonds. The van der Waals surface area contributed by atoms with E-state index in [-0.39, 0.29) is 11.5 Å². The summed E-state index contributed by atoms with van der Waals surface area (Å²) in [4.78, 5) is 13.8. The predicted octanol–water partition coefficient (Wildman–Crippen LogP) is 6.16. The van der Waals surface area contributed by atoms with Crippen molar-refractivity contribution in [2.24, 2.45) is 0 Å². The molecule has 25 heavy (non-hydrogen) atoms. The predicted molar refractivity (Wildman–Crippen MR) is 104 cm³/mol. The lowest BCUT2D eigenvalue weighted by Gasteiger charge is -2.06. The molecule has 0 radical (unpaired) electrons. The fourth-order valence-electron chi connectivity index (χ4n) is 2.90. The van der Waals surface area contributed by atoms with Gasteiger partial charge in [0.25, 0.3) is 0 Å². The van der Waals surface area contributed by atoms with E-state index in [1.807, 2.05) is 36.4 Å². The van der Waals surface area contributed by atoms with Gasteiger partial charge in [-0.1, -0.05) is 54.1 Å². The van der Waals surface area contributed by atoms with Crippen LogP contribution in [0, 0.1) is 0 Å². The number of thiophene rings is 1. The van der Waals surface area contributed by atoms with Gasteiger partial charge in [-0.15, -0.1) is 11.3 Å². The molecule has 0 fully saturated rings. The van der Waals surface area contributed by atoms with Gasteiger partial charge in [0.2, 0.25) is 5.78 Å². The molecule has 3 aromatic carbocycles. The SMILES string of the molecule is O=C(c1ccccc1Cl)c1sc2cc(O)ccc2c1-c1ccccc1. The molecule has 0 aliphatic rings. The molecule has 1 N–H and O–H groups in total. The molecular formula is C21H13ClO2S. The van der Waals surface area contributed by atoms with Crippen molar-refractivity contribution in [3.63, 3.8) is 0 Å². The third kappa shape index (κ3) is 2.82. The second-order valence-electron chi connectivity index (χ2n) is 5.66. The van der Waals surface area contributed by atoms with Gasteiger partial charge < -0.3 is 5.11 Å². The number of hydrogen-bond acceptors (Lipinski definition) is 3. The molecule has 0 unspecified atom stereocenters. The summed E-state index contributed by atoms with van der Waals surface area (Å²) >= 11 is 7.61.